The van der Waals surface area contributed by atoms with Crippen molar-refractivity contribution in [3.8, 4) is 5.69 Å². The molecule has 24 heavy (non-hydrogen) atoms. The number of rotatable bonds is 3. The molecule has 0 radical (unpaired) electrons. The number of carbonyl (C=O) groups excluding carboxylic acids is 1. The topological polar surface area (TPSA) is 75.4 Å². The third-order valence-corrected chi connectivity index (χ3v) is 4.62. The van der Waals surface area contributed by atoms with Gasteiger partial charge in [-0.2, -0.15) is 5.10 Å². The summed E-state index contributed by atoms with van der Waals surface area (Å²) >= 11 is 5.90. The zero-order valence-corrected chi connectivity index (χ0v) is 14.0. The molecule has 2 heterocycles. The summed E-state index contributed by atoms with van der Waals surface area (Å²) in [6.07, 6.45) is 2.85. The summed E-state index contributed by atoms with van der Waals surface area (Å²) in [6, 6.07) is 7.19. The molecule has 0 aliphatic carbocycles. The van der Waals surface area contributed by atoms with Gasteiger partial charge in [-0.1, -0.05) is 11.6 Å². The lowest BCUT2D eigenvalue weighted by molar-refractivity contribution is -0.143. The van der Waals surface area contributed by atoms with Gasteiger partial charge in [0.1, 0.15) is 0 Å². The Balaban J connectivity index is 1.83. The molecular weight excluding hydrogens is 330 g/mol. The number of amides is 1. The van der Waals surface area contributed by atoms with Crippen LogP contribution in [0.15, 0.2) is 30.5 Å². The van der Waals surface area contributed by atoms with E-state index in [2.05, 4.69) is 5.10 Å². The number of nitrogens with zero attached hydrogens (tertiary/aromatic N) is 3. The largest absolute Gasteiger partial charge is 0.481 e. The molecule has 1 aromatic carbocycles. The van der Waals surface area contributed by atoms with E-state index in [0.717, 1.165) is 11.4 Å². The van der Waals surface area contributed by atoms with E-state index in [1.54, 1.807) is 21.7 Å². The van der Waals surface area contributed by atoms with E-state index in [1.807, 2.05) is 19.1 Å². The molecule has 7 heteroatoms. The zero-order valence-electron chi connectivity index (χ0n) is 13.3. The molecule has 1 saturated heterocycles. The highest BCUT2D eigenvalue weighted by Gasteiger charge is 2.30. The van der Waals surface area contributed by atoms with Crippen LogP contribution in [-0.2, 0) is 4.79 Å². The number of aliphatic carboxylic acids is 1. The van der Waals surface area contributed by atoms with E-state index in [4.69, 9.17) is 11.6 Å². The molecule has 126 valence electrons. The Morgan fingerprint density at radius 2 is 2.00 bits per heavy atom. The van der Waals surface area contributed by atoms with E-state index in [0.29, 0.717) is 30.0 Å². The Kier molecular flexibility index (Phi) is 4.57. The van der Waals surface area contributed by atoms with Crippen molar-refractivity contribution in [2.75, 3.05) is 13.1 Å². The minimum atomic E-state index is -0.846. The fourth-order valence-electron chi connectivity index (χ4n) is 3.00. The van der Waals surface area contributed by atoms with Crippen LogP contribution in [-0.4, -0.2) is 44.8 Å². The number of hydrogen-bond donors (Lipinski definition) is 1. The van der Waals surface area contributed by atoms with E-state index < -0.39 is 11.9 Å². The van der Waals surface area contributed by atoms with Crippen LogP contribution < -0.4 is 0 Å². The van der Waals surface area contributed by atoms with Gasteiger partial charge in [0.15, 0.2) is 0 Å². The van der Waals surface area contributed by atoms with E-state index in [9.17, 15) is 14.7 Å². The molecule has 3 rings (SSSR count). The molecule has 1 aliphatic heterocycles. The molecule has 6 nitrogen and oxygen atoms in total. The average molecular weight is 348 g/mol. The molecule has 1 aliphatic rings. The molecular formula is C17H18ClN3O3. The third-order valence-electron chi connectivity index (χ3n) is 4.37. The lowest BCUT2D eigenvalue weighted by Crippen LogP contribution is -2.42. The van der Waals surface area contributed by atoms with Crippen LogP contribution in [0.2, 0.25) is 5.02 Å². The number of benzene rings is 1. The lowest BCUT2D eigenvalue weighted by atomic mass is 9.98. The maximum Gasteiger partial charge on any atom is 0.308 e. The van der Waals surface area contributed by atoms with Gasteiger partial charge >= 0.3 is 5.97 Å². The SMILES string of the molecule is Cc1c(C(=O)N2CCC[C@H](C(=O)O)C2)cnn1-c1ccc(Cl)cc1. The number of piperidine rings is 1. The second-order valence-corrected chi connectivity index (χ2v) is 6.40. The predicted octanol–water partition coefficient (Wildman–Crippen LogP) is 2.77. The van der Waals surface area contributed by atoms with Crippen molar-refractivity contribution in [1.29, 1.82) is 0 Å². The van der Waals surface area contributed by atoms with Gasteiger partial charge in [-0.15, -0.1) is 0 Å². The van der Waals surface area contributed by atoms with E-state index >= 15 is 0 Å². The third kappa shape index (κ3) is 3.14. The summed E-state index contributed by atoms with van der Waals surface area (Å²) < 4.78 is 1.68. The maximum absolute atomic E-state index is 12.7. The molecule has 1 atom stereocenters. The molecule has 1 aromatic heterocycles. The number of likely N-dealkylation sites (tertiary alicyclic amines) is 1. The second-order valence-electron chi connectivity index (χ2n) is 5.96. The van der Waals surface area contributed by atoms with Gasteiger partial charge in [-0.25, -0.2) is 4.68 Å². The van der Waals surface area contributed by atoms with E-state index in [-0.39, 0.29) is 12.5 Å². The van der Waals surface area contributed by atoms with Crippen LogP contribution in [0.5, 0.6) is 0 Å². The van der Waals surface area contributed by atoms with Crippen molar-refractivity contribution in [3.05, 3.63) is 46.7 Å². The Morgan fingerprint density at radius 3 is 2.67 bits per heavy atom. The summed E-state index contributed by atoms with van der Waals surface area (Å²) in [5.74, 6) is -1.51. The van der Waals surface area contributed by atoms with Gasteiger partial charge < -0.3 is 10.0 Å². The molecule has 0 bridgehead atoms. The monoisotopic (exact) mass is 347 g/mol. The summed E-state index contributed by atoms with van der Waals surface area (Å²) in [5, 5.41) is 14.1. The Labute approximate surface area is 144 Å². The van der Waals surface area contributed by atoms with Crippen molar-refractivity contribution in [2.45, 2.75) is 19.8 Å². The number of aromatic nitrogens is 2. The van der Waals surface area contributed by atoms with Crippen LogP contribution in [0.4, 0.5) is 0 Å². The van der Waals surface area contributed by atoms with Crippen molar-refractivity contribution >= 4 is 23.5 Å². The van der Waals surface area contributed by atoms with Crippen LogP contribution in [0.25, 0.3) is 5.69 Å². The summed E-state index contributed by atoms with van der Waals surface area (Å²) in [4.78, 5) is 25.5. The highest BCUT2D eigenvalue weighted by molar-refractivity contribution is 6.30. The second kappa shape index (κ2) is 6.65. The van der Waals surface area contributed by atoms with Crippen LogP contribution in [0.3, 0.4) is 0 Å². The van der Waals surface area contributed by atoms with Gasteiger partial charge in [-0.3, -0.25) is 9.59 Å². The number of carbonyl (C=O) groups is 2. The fraction of sp³-hybridized carbons (Fsp3) is 0.353. The molecule has 0 unspecified atom stereocenters. The smallest absolute Gasteiger partial charge is 0.308 e. The van der Waals surface area contributed by atoms with E-state index in [1.165, 1.54) is 6.20 Å². The molecule has 2 aromatic rings. The van der Waals surface area contributed by atoms with Gasteiger partial charge in [0.05, 0.1) is 29.1 Å². The molecule has 1 fully saturated rings. The summed E-state index contributed by atoms with van der Waals surface area (Å²) in [6.45, 7) is 2.65. The van der Waals surface area contributed by atoms with Crippen LogP contribution in [0.1, 0.15) is 28.9 Å². The minimum absolute atomic E-state index is 0.168. The molecule has 1 amide bonds. The van der Waals surface area contributed by atoms with Crippen LogP contribution in [0, 0.1) is 12.8 Å². The maximum atomic E-state index is 12.7. The Bertz CT molecular complexity index is 770. The lowest BCUT2D eigenvalue weighted by Gasteiger charge is -2.30. The molecule has 0 saturated carbocycles. The quantitative estimate of drug-likeness (QED) is 0.926. The van der Waals surface area contributed by atoms with Gasteiger partial charge in [-0.05, 0) is 44.0 Å². The highest BCUT2D eigenvalue weighted by atomic mass is 35.5. The molecule has 0 spiro atoms. The van der Waals surface area contributed by atoms with Crippen molar-refractivity contribution in [1.82, 2.24) is 14.7 Å². The van der Waals surface area contributed by atoms with Crippen LogP contribution >= 0.6 is 11.6 Å². The first-order valence-corrected chi connectivity index (χ1v) is 8.18. The Morgan fingerprint density at radius 1 is 1.29 bits per heavy atom. The standard InChI is InChI=1S/C17H18ClN3O3/c1-11-15(9-19-21(11)14-6-4-13(18)5-7-14)16(22)20-8-2-3-12(10-20)17(23)24/h4-7,9,12H,2-3,8,10H2,1H3,(H,23,24)/t12-/m0/s1. The number of hydrogen-bond acceptors (Lipinski definition) is 3. The van der Waals surface area contributed by atoms with Gasteiger partial charge in [0.25, 0.3) is 5.91 Å². The number of halogens is 1. The summed E-state index contributed by atoms with van der Waals surface area (Å²) in [7, 11) is 0. The Hall–Kier alpha value is -2.34. The van der Waals surface area contributed by atoms with Gasteiger partial charge in [0, 0.05) is 18.1 Å². The first kappa shape index (κ1) is 16.5. The predicted molar refractivity (Wildman–Crippen MR) is 89.6 cm³/mol. The van der Waals surface area contributed by atoms with Gasteiger partial charge in [0.2, 0.25) is 0 Å². The average Bonchev–Trinajstić information content (AvgIpc) is 2.96. The first-order valence-electron chi connectivity index (χ1n) is 7.80. The normalized spacial score (nSPS) is 17.8. The first-order chi connectivity index (χ1) is 11.5. The highest BCUT2D eigenvalue weighted by Crippen LogP contribution is 2.22. The van der Waals surface area contributed by atoms with Crippen molar-refractivity contribution < 1.29 is 14.7 Å². The van der Waals surface area contributed by atoms with Crippen molar-refractivity contribution in [3.63, 3.8) is 0 Å². The zero-order chi connectivity index (χ0) is 17.3. The fourth-order valence-corrected chi connectivity index (χ4v) is 3.12. The van der Waals surface area contributed by atoms with Crippen molar-refractivity contribution in [2.24, 2.45) is 5.92 Å². The molecule has 1 N–H and O–H groups in total. The number of carboxylic acids is 1. The summed E-state index contributed by atoms with van der Waals surface area (Å²) in [5.41, 5.74) is 2.04. The number of carboxylic acid groups (broad SMARTS) is 1. The minimum Gasteiger partial charge on any atom is -0.481 e.